The number of nitrogens with zero attached hydrogens (tertiary/aromatic N) is 1. The molecule has 1 amide bonds. The Morgan fingerprint density at radius 2 is 2.00 bits per heavy atom. The summed E-state index contributed by atoms with van der Waals surface area (Å²) in [6.45, 7) is 1.91. The first-order valence-corrected chi connectivity index (χ1v) is 11.2. The van der Waals surface area contributed by atoms with Crippen molar-refractivity contribution in [2.24, 2.45) is 17.8 Å². The molecule has 5 nitrogen and oxygen atoms in total. The van der Waals surface area contributed by atoms with Gasteiger partial charge < -0.3 is 5.32 Å². The third-order valence-electron chi connectivity index (χ3n) is 5.12. The van der Waals surface area contributed by atoms with Crippen molar-refractivity contribution >= 4 is 32.2 Å². The van der Waals surface area contributed by atoms with E-state index in [-0.39, 0.29) is 22.5 Å². The van der Waals surface area contributed by atoms with Gasteiger partial charge in [0.15, 0.2) is 15.0 Å². The van der Waals surface area contributed by atoms with E-state index in [2.05, 4.69) is 22.5 Å². The predicted octanol–water partition coefficient (Wildman–Crippen LogP) is 3.58. The van der Waals surface area contributed by atoms with Crippen LogP contribution in [0.2, 0.25) is 0 Å². The van der Waals surface area contributed by atoms with E-state index in [9.17, 15) is 13.2 Å². The number of carbonyl (C=O) groups excluding carboxylic acids is 1. The summed E-state index contributed by atoms with van der Waals surface area (Å²) in [4.78, 5) is 17.0. The van der Waals surface area contributed by atoms with Crippen LogP contribution in [0.1, 0.15) is 24.1 Å². The van der Waals surface area contributed by atoms with Crippen LogP contribution in [-0.4, -0.2) is 19.3 Å². The van der Waals surface area contributed by atoms with E-state index in [1.165, 1.54) is 11.3 Å². The second-order valence-corrected chi connectivity index (χ2v) is 9.94. The lowest BCUT2D eigenvalue weighted by molar-refractivity contribution is -0.120. The fourth-order valence-corrected chi connectivity index (χ4v) is 5.81. The molecule has 2 bridgehead atoms. The highest BCUT2D eigenvalue weighted by Crippen LogP contribution is 2.43. The van der Waals surface area contributed by atoms with Crippen molar-refractivity contribution in [3.63, 3.8) is 0 Å². The van der Waals surface area contributed by atoms with Gasteiger partial charge in [-0.05, 0) is 43.7 Å². The molecule has 0 unspecified atom stereocenters. The average Bonchev–Trinajstić information content (AvgIpc) is 3.32. The van der Waals surface area contributed by atoms with Crippen LogP contribution in [0.25, 0.3) is 0 Å². The summed E-state index contributed by atoms with van der Waals surface area (Å²) in [7, 11) is -3.45. The van der Waals surface area contributed by atoms with Crippen LogP contribution < -0.4 is 5.32 Å². The Balaban J connectivity index is 1.42. The first-order chi connectivity index (χ1) is 12.4. The second-order valence-electron chi connectivity index (χ2n) is 7.09. The second kappa shape index (κ2) is 6.63. The third kappa shape index (κ3) is 3.46. The Labute approximate surface area is 157 Å². The van der Waals surface area contributed by atoms with Crippen molar-refractivity contribution in [3.8, 4) is 0 Å². The molecular formula is C19H20N2O3S2. The fraction of sp³-hybridized carbons (Fsp3) is 0.368. The number of aromatic nitrogens is 1. The first kappa shape index (κ1) is 17.4. The molecule has 136 valence electrons. The molecule has 4 rings (SSSR count). The zero-order valence-electron chi connectivity index (χ0n) is 14.4. The van der Waals surface area contributed by atoms with Crippen LogP contribution in [0.15, 0.2) is 46.7 Å². The summed E-state index contributed by atoms with van der Waals surface area (Å²) in [5.74, 6) is 0.695. The van der Waals surface area contributed by atoms with Crippen LogP contribution in [-0.2, 0) is 20.4 Å². The number of fused-ring (bicyclic) bond motifs is 2. The van der Waals surface area contributed by atoms with Gasteiger partial charge in [-0.15, -0.1) is 11.3 Å². The predicted molar refractivity (Wildman–Crippen MR) is 102 cm³/mol. The molecule has 0 radical (unpaired) electrons. The smallest absolute Gasteiger partial charge is 0.229 e. The van der Waals surface area contributed by atoms with Crippen molar-refractivity contribution in [1.29, 1.82) is 0 Å². The molecule has 2 aromatic rings. The minimum absolute atomic E-state index is 0.00800. The lowest BCUT2D eigenvalue weighted by Crippen LogP contribution is -2.25. The van der Waals surface area contributed by atoms with Gasteiger partial charge in [0.25, 0.3) is 0 Å². The van der Waals surface area contributed by atoms with Gasteiger partial charge >= 0.3 is 0 Å². The number of nitrogens with one attached hydrogen (secondary N) is 1. The van der Waals surface area contributed by atoms with Crippen LogP contribution in [0.5, 0.6) is 0 Å². The Morgan fingerprint density at radius 1 is 1.23 bits per heavy atom. The maximum atomic E-state index is 12.5. The van der Waals surface area contributed by atoms with E-state index < -0.39 is 9.84 Å². The Morgan fingerprint density at radius 3 is 2.65 bits per heavy atom. The number of aryl methyl sites for hydroxylation is 1. The minimum Gasteiger partial charge on any atom is -0.302 e. The van der Waals surface area contributed by atoms with Crippen molar-refractivity contribution in [2.45, 2.75) is 30.4 Å². The van der Waals surface area contributed by atoms with E-state index in [1.807, 2.05) is 6.92 Å². The SMILES string of the molecule is Cc1ccc(S(=O)(=O)Cc2csc(NC(=O)[C@@H]3C[C@@H]4C=C[C@H]3C4)n2)cc1. The average molecular weight is 389 g/mol. The molecule has 2 aliphatic rings. The topological polar surface area (TPSA) is 76.1 Å². The number of hydrogen-bond donors (Lipinski definition) is 1. The Kier molecular flexibility index (Phi) is 4.44. The van der Waals surface area contributed by atoms with Crippen LogP contribution >= 0.6 is 11.3 Å². The summed E-state index contributed by atoms with van der Waals surface area (Å²) in [5.41, 5.74) is 1.47. The molecule has 0 spiro atoms. The van der Waals surface area contributed by atoms with E-state index >= 15 is 0 Å². The highest BCUT2D eigenvalue weighted by Gasteiger charge is 2.39. The number of anilines is 1. The van der Waals surface area contributed by atoms with Crippen molar-refractivity contribution in [3.05, 3.63) is 53.1 Å². The van der Waals surface area contributed by atoms with Crippen molar-refractivity contribution in [1.82, 2.24) is 4.98 Å². The third-order valence-corrected chi connectivity index (χ3v) is 7.59. The van der Waals surface area contributed by atoms with Crippen molar-refractivity contribution in [2.75, 3.05) is 5.32 Å². The highest BCUT2D eigenvalue weighted by molar-refractivity contribution is 7.90. The molecule has 2 aliphatic carbocycles. The number of hydrogen-bond acceptors (Lipinski definition) is 5. The molecule has 7 heteroatoms. The van der Waals surface area contributed by atoms with Gasteiger partial charge in [0, 0.05) is 11.3 Å². The summed E-state index contributed by atoms with van der Waals surface area (Å²) in [6.07, 6.45) is 6.30. The molecule has 1 aromatic heterocycles. The first-order valence-electron chi connectivity index (χ1n) is 8.64. The maximum Gasteiger partial charge on any atom is 0.229 e. The molecule has 1 fully saturated rings. The summed E-state index contributed by atoms with van der Waals surface area (Å²) in [5, 5.41) is 5.03. The molecular weight excluding hydrogens is 368 g/mol. The number of carbonyl (C=O) groups is 1. The molecule has 1 N–H and O–H groups in total. The van der Waals surface area contributed by atoms with Gasteiger partial charge in [0.2, 0.25) is 5.91 Å². The standard InChI is InChI=1S/C19H20N2O3S2/c1-12-2-6-16(7-3-12)26(23,24)11-15-10-25-19(20-15)21-18(22)17-9-13-4-5-14(17)8-13/h2-7,10,13-14,17H,8-9,11H2,1H3,(H,20,21,22)/t13-,14+,17-/m1/s1. The number of benzene rings is 1. The van der Waals surface area contributed by atoms with Gasteiger partial charge in [-0.3, -0.25) is 4.79 Å². The van der Waals surface area contributed by atoms with E-state index in [1.54, 1.807) is 29.6 Å². The van der Waals surface area contributed by atoms with Gasteiger partial charge in [-0.1, -0.05) is 29.8 Å². The fourth-order valence-electron chi connectivity index (χ4n) is 3.73. The quantitative estimate of drug-likeness (QED) is 0.795. The minimum atomic E-state index is -3.45. The summed E-state index contributed by atoms with van der Waals surface area (Å²) < 4.78 is 25.0. The zero-order valence-corrected chi connectivity index (χ0v) is 16.0. The van der Waals surface area contributed by atoms with Crippen LogP contribution in [0.4, 0.5) is 5.13 Å². The normalized spacial score (nSPS) is 24.1. The number of thiazole rings is 1. The molecule has 0 aliphatic heterocycles. The summed E-state index contributed by atoms with van der Waals surface area (Å²) in [6, 6.07) is 6.79. The highest BCUT2D eigenvalue weighted by atomic mass is 32.2. The van der Waals surface area contributed by atoms with E-state index in [0.717, 1.165) is 18.4 Å². The van der Waals surface area contributed by atoms with E-state index in [0.29, 0.717) is 22.7 Å². The Bertz CT molecular complexity index is 961. The number of allylic oxidation sites excluding steroid dienone is 2. The molecule has 1 saturated carbocycles. The van der Waals surface area contributed by atoms with E-state index in [4.69, 9.17) is 0 Å². The van der Waals surface area contributed by atoms with Gasteiger partial charge in [-0.25, -0.2) is 13.4 Å². The summed E-state index contributed by atoms with van der Waals surface area (Å²) >= 11 is 1.27. The maximum absolute atomic E-state index is 12.5. The molecule has 0 saturated heterocycles. The van der Waals surface area contributed by atoms with Gasteiger partial charge in [-0.2, -0.15) is 0 Å². The monoisotopic (exact) mass is 388 g/mol. The number of amides is 1. The zero-order chi connectivity index (χ0) is 18.3. The van der Waals surface area contributed by atoms with Crippen molar-refractivity contribution < 1.29 is 13.2 Å². The molecule has 1 aromatic carbocycles. The lowest BCUT2D eigenvalue weighted by Gasteiger charge is -2.16. The molecule has 1 heterocycles. The van der Waals surface area contributed by atoms with Gasteiger partial charge in [0.05, 0.1) is 16.3 Å². The molecule has 3 atom stereocenters. The Hall–Kier alpha value is -1.99. The lowest BCUT2D eigenvalue weighted by atomic mass is 9.93. The largest absolute Gasteiger partial charge is 0.302 e. The van der Waals surface area contributed by atoms with Gasteiger partial charge in [0.1, 0.15) is 0 Å². The van der Waals surface area contributed by atoms with Crippen LogP contribution in [0.3, 0.4) is 0 Å². The number of rotatable bonds is 5. The number of sulfone groups is 1. The van der Waals surface area contributed by atoms with Crippen LogP contribution in [0, 0.1) is 24.7 Å². The molecule has 26 heavy (non-hydrogen) atoms.